The molecule has 1 unspecified atom stereocenters. The van der Waals surface area contributed by atoms with Gasteiger partial charge in [-0.2, -0.15) is 0 Å². The number of anilines is 3. The molecular formula is C31H27N3O3. The van der Waals surface area contributed by atoms with Gasteiger partial charge in [0, 0.05) is 35.9 Å². The van der Waals surface area contributed by atoms with Gasteiger partial charge in [0.1, 0.15) is 0 Å². The highest BCUT2D eigenvalue weighted by Crippen LogP contribution is 2.40. The second-order valence-electron chi connectivity index (χ2n) is 9.54. The van der Waals surface area contributed by atoms with Crippen LogP contribution in [0, 0.1) is 0 Å². The van der Waals surface area contributed by atoms with E-state index < -0.39 is 0 Å². The molecule has 4 aromatic carbocycles. The zero-order valence-corrected chi connectivity index (χ0v) is 20.2. The van der Waals surface area contributed by atoms with E-state index in [4.69, 9.17) is 0 Å². The topological polar surface area (TPSA) is 72.9 Å². The third-order valence-electron chi connectivity index (χ3n) is 7.16. The van der Waals surface area contributed by atoms with Crippen molar-refractivity contribution in [1.29, 1.82) is 0 Å². The Hall–Kier alpha value is -4.42. The lowest BCUT2D eigenvalue weighted by Gasteiger charge is -2.40. The van der Waals surface area contributed by atoms with E-state index in [-0.39, 0.29) is 24.0 Å². The zero-order valence-electron chi connectivity index (χ0n) is 20.2. The Kier molecular flexibility index (Phi) is 5.94. The molecule has 6 rings (SSSR count). The first-order chi connectivity index (χ1) is 18.1. The Morgan fingerprint density at radius 3 is 2.22 bits per heavy atom. The van der Waals surface area contributed by atoms with Crippen LogP contribution in [0.3, 0.4) is 0 Å². The Bertz CT molecular complexity index is 1450. The van der Waals surface area contributed by atoms with Crippen molar-refractivity contribution in [2.45, 2.75) is 18.6 Å². The van der Waals surface area contributed by atoms with Gasteiger partial charge in [-0.3, -0.25) is 9.59 Å². The van der Waals surface area contributed by atoms with Crippen LogP contribution in [0.5, 0.6) is 0 Å². The quantitative estimate of drug-likeness (QED) is 0.413. The Balaban J connectivity index is 1.21. The average Bonchev–Trinajstić information content (AvgIpc) is 3.33. The van der Waals surface area contributed by atoms with Crippen LogP contribution in [0.1, 0.15) is 27.1 Å². The molecular weight excluding hydrogens is 462 g/mol. The number of carbonyl (C=O) groups excluding carboxylic acids is 2. The molecule has 2 atom stereocenters. The van der Waals surface area contributed by atoms with E-state index in [0.717, 1.165) is 22.5 Å². The predicted molar refractivity (Wildman–Crippen MR) is 146 cm³/mol. The monoisotopic (exact) mass is 489 g/mol. The lowest BCUT2D eigenvalue weighted by Crippen LogP contribution is -2.48. The Labute approximate surface area is 215 Å². The molecule has 184 valence electrons. The minimum atomic E-state index is -0.386. The standard InChI is InChI=1S/C31H27N3O3/c35-25-18-24-19-34(29-13-7-6-12-28(29)33(24)20-25)31(37)22-14-16-23(17-15-22)32-30(36)27-11-5-4-10-26(27)21-8-2-1-3-9-21/h1-17,24-25,35H,18-20H2,(H,32,36)/t24-,25?/m1/s1. The number of nitrogens with zero attached hydrogens (tertiary/aromatic N) is 2. The highest BCUT2D eigenvalue weighted by atomic mass is 16.3. The van der Waals surface area contributed by atoms with E-state index in [1.165, 1.54) is 0 Å². The minimum absolute atomic E-state index is 0.0945. The van der Waals surface area contributed by atoms with Gasteiger partial charge in [-0.05, 0) is 60.0 Å². The normalized spacial score (nSPS) is 18.2. The first-order valence-corrected chi connectivity index (χ1v) is 12.5. The van der Waals surface area contributed by atoms with E-state index in [2.05, 4.69) is 10.2 Å². The Morgan fingerprint density at radius 2 is 1.43 bits per heavy atom. The van der Waals surface area contributed by atoms with Crippen molar-refractivity contribution in [2.24, 2.45) is 0 Å². The predicted octanol–water partition coefficient (Wildman–Crippen LogP) is 5.21. The molecule has 1 fully saturated rings. The third kappa shape index (κ3) is 4.36. The summed E-state index contributed by atoms with van der Waals surface area (Å²) in [7, 11) is 0. The van der Waals surface area contributed by atoms with E-state index in [0.29, 0.717) is 36.3 Å². The maximum atomic E-state index is 13.5. The van der Waals surface area contributed by atoms with E-state index in [1.54, 1.807) is 29.2 Å². The van der Waals surface area contributed by atoms with Crippen LogP contribution in [0.25, 0.3) is 11.1 Å². The van der Waals surface area contributed by atoms with Gasteiger partial charge in [0.25, 0.3) is 11.8 Å². The molecule has 6 heteroatoms. The van der Waals surface area contributed by atoms with Crippen LogP contribution in [0.15, 0.2) is 103 Å². The van der Waals surface area contributed by atoms with Crippen LogP contribution < -0.4 is 15.1 Å². The number of nitrogens with one attached hydrogen (secondary N) is 1. The van der Waals surface area contributed by atoms with Crippen molar-refractivity contribution >= 4 is 28.9 Å². The molecule has 0 spiro atoms. The Morgan fingerprint density at radius 1 is 0.757 bits per heavy atom. The highest BCUT2D eigenvalue weighted by Gasteiger charge is 2.39. The molecule has 0 aromatic heterocycles. The number of rotatable bonds is 4. The molecule has 0 saturated carbocycles. The number of para-hydroxylation sites is 2. The number of hydrogen-bond donors (Lipinski definition) is 2. The van der Waals surface area contributed by atoms with Gasteiger partial charge < -0.3 is 20.2 Å². The molecule has 2 N–H and O–H groups in total. The molecule has 1 saturated heterocycles. The fraction of sp³-hybridized carbons (Fsp3) is 0.161. The van der Waals surface area contributed by atoms with Crippen LogP contribution in [-0.2, 0) is 0 Å². The van der Waals surface area contributed by atoms with Gasteiger partial charge in [0.2, 0.25) is 0 Å². The van der Waals surface area contributed by atoms with Crippen molar-refractivity contribution in [3.05, 3.63) is 114 Å². The molecule has 2 aliphatic rings. The average molecular weight is 490 g/mol. The molecule has 6 nitrogen and oxygen atoms in total. The van der Waals surface area contributed by atoms with Crippen molar-refractivity contribution in [3.8, 4) is 11.1 Å². The first-order valence-electron chi connectivity index (χ1n) is 12.5. The van der Waals surface area contributed by atoms with Crippen molar-refractivity contribution in [1.82, 2.24) is 0 Å². The summed E-state index contributed by atoms with van der Waals surface area (Å²) < 4.78 is 0. The lowest BCUT2D eigenvalue weighted by molar-refractivity contribution is 0.0982. The minimum Gasteiger partial charge on any atom is -0.391 e. The molecule has 37 heavy (non-hydrogen) atoms. The third-order valence-corrected chi connectivity index (χ3v) is 7.16. The highest BCUT2D eigenvalue weighted by molar-refractivity contribution is 6.10. The van der Waals surface area contributed by atoms with E-state index in [1.807, 2.05) is 78.9 Å². The number of benzene rings is 4. The van der Waals surface area contributed by atoms with Crippen LogP contribution >= 0.6 is 0 Å². The summed E-state index contributed by atoms with van der Waals surface area (Å²) >= 11 is 0. The smallest absolute Gasteiger partial charge is 0.258 e. The number of aliphatic hydroxyl groups excluding tert-OH is 1. The first kappa shape index (κ1) is 23.0. The van der Waals surface area contributed by atoms with Crippen LogP contribution in [0.2, 0.25) is 0 Å². The maximum absolute atomic E-state index is 13.5. The van der Waals surface area contributed by atoms with Crippen molar-refractivity contribution in [2.75, 3.05) is 28.2 Å². The van der Waals surface area contributed by atoms with Gasteiger partial charge in [-0.1, -0.05) is 60.7 Å². The maximum Gasteiger partial charge on any atom is 0.258 e. The fourth-order valence-electron chi connectivity index (χ4n) is 5.40. The summed E-state index contributed by atoms with van der Waals surface area (Å²) in [5, 5.41) is 13.2. The van der Waals surface area contributed by atoms with Gasteiger partial charge in [-0.25, -0.2) is 0 Å². The van der Waals surface area contributed by atoms with Gasteiger partial charge in [0.15, 0.2) is 0 Å². The molecule has 2 aliphatic heterocycles. The summed E-state index contributed by atoms with van der Waals surface area (Å²) in [5.74, 6) is -0.302. The second kappa shape index (κ2) is 9.56. The molecule has 0 radical (unpaired) electrons. The molecule has 2 amide bonds. The lowest BCUT2D eigenvalue weighted by atomic mass is 9.99. The number of fused-ring (bicyclic) bond motifs is 3. The van der Waals surface area contributed by atoms with E-state index in [9.17, 15) is 14.7 Å². The van der Waals surface area contributed by atoms with Crippen LogP contribution in [-0.4, -0.2) is 42.2 Å². The summed E-state index contributed by atoms with van der Waals surface area (Å²) in [6.45, 7) is 1.12. The summed E-state index contributed by atoms with van der Waals surface area (Å²) in [6.07, 6.45) is 0.260. The van der Waals surface area contributed by atoms with Gasteiger partial charge in [-0.15, -0.1) is 0 Å². The van der Waals surface area contributed by atoms with Crippen molar-refractivity contribution < 1.29 is 14.7 Å². The van der Waals surface area contributed by atoms with Crippen molar-refractivity contribution in [3.63, 3.8) is 0 Å². The SMILES string of the molecule is O=C(Nc1ccc(C(=O)N2C[C@H]3CC(O)CN3c3ccccc32)cc1)c1ccccc1-c1ccccc1. The number of carbonyl (C=O) groups is 2. The fourth-order valence-corrected chi connectivity index (χ4v) is 5.40. The van der Waals surface area contributed by atoms with Gasteiger partial charge in [0.05, 0.1) is 17.5 Å². The summed E-state index contributed by atoms with van der Waals surface area (Å²) in [6, 6.07) is 32.3. The van der Waals surface area contributed by atoms with Crippen LogP contribution in [0.4, 0.5) is 17.1 Å². The summed E-state index contributed by atoms with van der Waals surface area (Å²) in [4.78, 5) is 30.7. The number of hydrogen-bond acceptors (Lipinski definition) is 4. The molecule has 0 bridgehead atoms. The largest absolute Gasteiger partial charge is 0.391 e. The van der Waals surface area contributed by atoms with Gasteiger partial charge >= 0.3 is 0 Å². The number of amides is 2. The second-order valence-corrected chi connectivity index (χ2v) is 9.54. The van der Waals surface area contributed by atoms with E-state index >= 15 is 0 Å². The molecule has 0 aliphatic carbocycles. The zero-order chi connectivity index (χ0) is 25.4. The molecule has 2 heterocycles. The molecule has 4 aromatic rings. The number of aliphatic hydroxyl groups is 1. The summed E-state index contributed by atoms with van der Waals surface area (Å²) in [5.41, 5.74) is 5.42.